The van der Waals surface area contributed by atoms with Crippen LogP contribution in [0.4, 0.5) is 13.2 Å². The molecule has 0 aliphatic carbocycles. The number of carbonyl (C=O) groups is 1. The highest BCUT2D eigenvalue weighted by Gasteiger charge is 2.31. The lowest BCUT2D eigenvalue weighted by Gasteiger charge is -2.27. The van der Waals surface area contributed by atoms with Gasteiger partial charge >= 0.3 is 12.1 Å². The highest BCUT2D eigenvalue weighted by molar-refractivity contribution is 5.67. The number of aliphatic hydroxyl groups is 1. The first-order chi connectivity index (χ1) is 16.1. The number of aryl methyl sites for hydroxylation is 1. The molecule has 8 heteroatoms. The fraction of sp³-hybridized carbons (Fsp3) is 0.500. The van der Waals surface area contributed by atoms with Crippen LogP contribution >= 0.6 is 0 Å². The van der Waals surface area contributed by atoms with Crippen LogP contribution in [0.25, 0.3) is 0 Å². The molecule has 0 spiro atoms. The Kier molecular flexibility index (Phi) is 9.10. The largest absolute Gasteiger partial charge is 0.481 e. The monoisotopic (exact) mass is 479 g/mol. The summed E-state index contributed by atoms with van der Waals surface area (Å²) >= 11 is 0. The summed E-state index contributed by atoms with van der Waals surface area (Å²) in [5.41, 5.74) is 2.04. The van der Waals surface area contributed by atoms with Gasteiger partial charge in [0.2, 0.25) is 0 Å². The highest BCUT2D eigenvalue weighted by atomic mass is 19.4. The number of alkyl halides is 3. The van der Waals surface area contributed by atoms with E-state index in [1.165, 1.54) is 12.1 Å². The number of β-amino-alcohol motifs (C(OH)–C–C–N with tert-alkyl or cyclic N) is 1. The minimum atomic E-state index is -4.34. The number of aliphatic hydroxyl groups excluding tert-OH is 1. The van der Waals surface area contributed by atoms with E-state index in [2.05, 4.69) is 4.90 Å². The second kappa shape index (κ2) is 11.8. The van der Waals surface area contributed by atoms with E-state index in [1.807, 2.05) is 31.2 Å². The Morgan fingerprint density at radius 2 is 1.88 bits per heavy atom. The van der Waals surface area contributed by atoms with Crippen LogP contribution in [0.5, 0.6) is 0 Å². The van der Waals surface area contributed by atoms with Gasteiger partial charge in [-0.3, -0.25) is 9.69 Å². The summed E-state index contributed by atoms with van der Waals surface area (Å²) in [6.07, 6.45) is -2.32. The summed E-state index contributed by atoms with van der Waals surface area (Å²) < 4.78 is 44.3. The number of halogens is 3. The highest BCUT2D eigenvalue weighted by Crippen LogP contribution is 2.30. The molecule has 5 nitrogen and oxygen atoms in total. The first kappa shape index (κ1) is 26.2. The van der Waals surface area contributed by atoms with E-state index in [4.69, 9.17) is 9.84 Å². The SMILES string of the molecule is CC(OC[C@H](O)CN1CCC[C@H]1Cc1ccc(C(F)(F)F)cc1)c1ccccc1CCC(=O)O. The number of ether oxygens (including phenoxy) is 1. The molecule has 2 N–H and O–H groups in total. The normalized spacial score (nSPS) is 18.7. The average Bonchev–Trinajstić information content (AvgIpc) is 3.22. The van der Waals surface area contributed by atoms with Gasteiger partial charge in [-0.15, -0.1) is 0 Å². The van der Waals surface area contributed by atoms with E-state index in [9.17, 15) is 23.1 Å². The van der Waals surface area contributed by atoms with Crippen molar-refractivity contribution in [3.05, 3.63) is 70.8 Å². The van der Waals surface area contributed by atoms with Crippen LogP contribution in [-0.4, -0.2) is 52.9 Å². The van der Waals surface area contributed by atoms with Gasteiger partial charge in [0.05, 0.1) is 24.4 Å². The third kappa shape index (κ3) is 7.55. The van der Waals surface area contributed by atoms with Crippen molar-refractivity contribution in [2.24, 2.45) is 0 Å². The molecule has 1 aliphatic rings. The third-order valence-corrected chi connectivity index (χ3v) is 6.34. The Balaban J connectivity index is 1.50. The lowest BCUT2D eigenvalue weighted by molar-refractivity contribution is -0.138. The molecule has 186 valence electrons. The molecule has 1 fully saturated rings. The standard InChI is InChI=1S/C26H32F3NO4/c1-18(24-7-3-2-5-20(24)10-13-25(32)33)34-17-23(31)16-30-14-4-6-22(30)15-19-8-11-21(12-9-19)26(27,28)29/h2-3,5,7-9,11-12,18,22-23,31H,4,6,10,13-17H2,1H3,(H,32,33)/t18?,22-,23+/m0/s1. The number of hydrogen-bond acceptors (Lipinski definition) is 4. The summed E-state index contributed by atoms with van der Waals surface area (Å²) in [4.78, 5) is 13.1. The minimum Gasteiger partial charge on any atom is -0.481 e. The van der Waals surface area contributed by atoms with Crippen molar-refractivity contribution in [1.29, 1.82) is 0 Å². The number of likely N-dealkylation sites (tertiary alicyclic amines) is 1. The average molecular weight is 480 g/mol. The molecule has 1 aliphatic heterocycles. The topological polar surface area (TPSA) is 70.0 Å². The van der Waals surface area contributed by atoms with Gasteiger partial charge in [-0.2, -0.15) is 13.2 Å². The lowest BCUT2D eigenvalue weighted by Crippen LogP contribution is -2.39. The summed E-state index contributed by atoms with van der Waals surface area (Å²) in [6.45, 7) is 3.28. The van der Waals surface area contributed by atoms with Crippen LogP contribution in [-0.2, 0) is 28.5 Å². The van der Waals surface area contributed by atoms with E-state index in [0.717, 1.165) is 48.2 Å². The van der Waals surface area contributed by atoms with Crippen molar-refractivity contribution in [2.45, 2.75) is 63.5 Å². The lowest BCUT2D eigenvalue weighted by atomic mass is 9.99. The number of rotatable bonds is 11. The van der Waals surface area contributed by atoms with Crippen LogP contribution < -0.4 is 0 Å². The fourth-order valence-electron chi connectivity index (χ4n) is 4.54. The van der Waals surface area contributed by atoms with E-state index >= 15 is 0 Å². The molecule has 1 saturated heterocycles. The maximum Gasteiger partial charge on any atom is 0.416 e. The van der Waals surface area contributed by atoms with Gasteiger partial charge < -0.3 is 14.9 Å². The number of benzene rings is 2. The van der Waals surface area contributed by atoms with Gasteiger partial charge in [-0.1, -0.05) is 36.4 Å². The second-order valence-electron chi connectivity index (χ2n) is 8.91. The predicted molar refractivity (Wildman–Crippen MR) is 123 cm³/mol. The first-order valence-corrected chi connectivity index (χ1v) is 11.6. The Morgan fingerprint density at radius 1 is 1.18 bits per heavy atom. The molecule has 1 heterocycles. The molecule has 0 aromatic heterocycles. The van der Waals surface area contributed by atoms with Crippen molar-refractivity contribution in [1.82, 2.24) is 4.90 Å². The fourth-order valence-corrected chi connectivity index (χ4v) is 4.54. The Bertz CT molecular complexity index is 932. The molecule has 0 bridgehead atoms. The molecule has 2 aromatic carbocycles. The van der Waals surface area contributed by atoms with Crippen LogP contribution in [0.15, 0.2) is 48.5 Å². The smallest absolute Gasteiger partial charge is 0.416 e. The first-order valence-electron chi connectivity index (χ1n) is 11.6. The van der Waals surface area contributed by atoms with Crippen LogP contribution in [0.2, 0.25) is 0 Å². The zero-order chi connectivity index (χ0) is 24.7. The van der Waals surface area contributed by atoms with Gasteiger partial charge in [-0.25, -0.2) is 0 Å². The van der Waals surface area contributed by atoms with Gasteiger partial charge in [-0.05, 0) is 68.0 Å². The molecular weight excluding hydrogens is 447 g/mol. The van der Waals surface area contributed by atoms with Crippen LogP contribution in [0, 0.1) is 0 Å². The molecule has 2 aromatic rings. The number of hydrogen-bond donors (Lipinski definition) is 2. The van der Waals surface area contributed by atoms with E-state index < -0.39 is 23.8 Å². The molecule has 3 atom stereocenters. The minimum absolute atomic E-state index is 0.0433. The quantitative estimate of drug-likeness (QED) is 0.481. The van der Waals surface area contributed by atoms with Gasteiger partial charge in [0.15, 0.2) is 0 Å². The Labute approximate surface area is 198 Å². The van der Waals surface area contributed by atoms with Gasteiger partial charge in [0.1, 0.15) is 0 Å². The predicted octanol–water partition coefficient (Wildman–Crippen LogP) is 4.87. The summed E-state index contributed by atoms with van der Waals surface area (Å²) in [5.74, 6) is -0.852. The second-order valence-corrected chi connectivity index (χ2v) is 8.91. The van der Waals surface area contributed by atoms with Crippen molar-refractivity contribution in [2.75, 3.05) is 19.7 Å². The molecule has 1 unspecified atom stereocenters. The zero-order valence-electron chi connectivity index (χ0n) is 19.3. The summed E-state index contributed by atoms with van der Waals surface area (Å²) in [6, 6.07) is 13.0. The molecular formula is C26H32F3NO4. The third-order valence-electron chi connectivity index (χ3n) is 6.34. The maximum atomic E-state index is 12.8. The number of carboxylic acid groups (broad SMARTS) is 1. The van der Waals surface area contributed by atoms with Crippen LogP contribution in [0.1, 0.15) is 54.5 Å². The van der Waals surface area contributed by atoms with Gasteiger partial charge in [0.25, 0.3) is 0 Å². The van der Waals surface area contributed by atoms with Crippen LogP contribution in [0.3, 0.4) is 0 Å². The van der Waals surface area contributed by atoms with Gasteiger partial charge in [0, 0.05) is 19.0 Å². The zero-order valence-corrected chi connectivity index (χ0v) is 19.3. The van der Waals surface area contributed by atoms with Crippen molar-refractivity contribution in [3.63, 3.8) is 0 Å². The summed E-state index contributed by atoms with van der Waals surface area (Å²) in [5, 5.41) is 19.6. The maximum absolute atomic E-state index is 12.8. The molecule has 0 saturated carbocycles. The molecule has 34 heavy (non-hydrogen) atoms. The Morgan fingerprint density at radius 3 is 2.56 bits per heavy atom. The summed E-state index contributed by atoms with van der Waals surface area (Å²) in [7, 11) is 0. The number of aliphatic carboxylic acids is 1. The van der Waals surface area contributed by atoms with E-state index in [0.29, 0.717) is 19.4 Å². The number of nitrogens with zero attached hydrogens (tertiary/aromatic N) is 1. The van der Waals surface area contributed by atoms with Crippen molar-refractivity contribution in [3.8, 4) is 0 Å². The van der Waals surface area contributed by atoms with E-state index in [1.54, 1.807) is 0 Å². The Hall–Kier alpha value is -2.42. The molecule has 3 rings (SSSR count). The van der Waals surface area contributed by atoms with Crippen molar-refractivity contribution >= 4 is 5.97 Å². The number of carboxylic acids is 1. The molecule has 0 amide bonds. The van der Waals surface area contributed by atoms with E-state index in [-0.39, 0.29) is 25.2 Å². The van der Waals surface area contributed by atoms with Crippen molar-refractivity contribution < 1.29 is 32.9 Å². The molecule has 0 radical (unpaired) electrons.